The number of piperazine rings is 1. The Labute approximate surface area is 151 Å². The van der Waals surface area contributed by atoms with Crippen LogP contribution in [-0.2, 0) is 16.1 Å². The van der Waals surface area contributed by atoms with Crippen molar-refractivity contribution in [3.05, 3.63) is 23.8 Å². The SMILES string of the molecule is CC(C)N1CCNC(=O)[C@@H]1CC(=O)N(C)Cc1ccc2nsnc2c1. The lowest BCUT2D eigenvalue weighted by Crippen LogP contribution is -2.58. The number of carbonyl (C=O) groups excluding carboxylic acids is 2. The van der Waals surface area contributed by atoms with E-state index in [-0.39, 0.29) is 24.3 Å². The Kier molecular flexibility index (Phi) is 5.29. The number of nitrogens with zero attached hydrogens (tertiary/aromatic N) is 4. The molecule has 0 unspecified atom stereocenters. The van der Waals surface area contributed by atoms with Gasteiger partial charge in [0.1, 0.15) is 11.0 Å². The summed E-state index contributed by atoms with van der Waals surface area (Å²) in [4.78, 5) is 28.6. The molecular formula is C17H23N5O2S. The third kappa shape index (κ3) is 3.96. The van der Waals surface area contributed by atoms with E-state index in [1.165, 1.54) is 11.7 Å². The Morgan fingerprint density at radius 3 is 2.92 bits per heavy atom. The summed E-state index contributed by atoms with van der Waals surface area (Å²) in [5.41, 5.74) is 2.72. The van der Waals surface area contributed by atoms with Gasteiger partial charge in [0.05, 0.1) is 24.2 Å². The fourth-order valence-corrected chi connectivity index (χ4v) is 3.69. The van der Waals surface area contributed by atoms with E-state index in [2.05, 4.69) is 32.8 Å². The molecule has 1 saturated heterocycles. The molecule has 1 aromatic heterocycles. The van der Waals surface area contributed by atoms with Crippen molar-refractivity contribution < 1.29 is 9.59 Å². The van der Waals surface area contributed by atoms with Crippen molar-refractivity contribution in [1.82, 2.24) is 23.9 Å². The Morgan fingerprint density at radius 1 is 1.40 bits per heavy atom. The first-order valence-corrected chi connectivity index (χ1v) is 9.17. The van der Waals surface area contributed by atoms with Crippen LogP contribution < -0.4 is 5.32 Å². The molecule has 0 bridgehead atoms. The van der Waals surface area contributed by atoms with Crippen molar-refractivity contribution in [3.63, 3.8) is 0 Å². The number of hydrogen-bond donors (Lipinski definition) is 1. The number of benzene rings is 1. The minimum absolute atomic E-state index is 0.0378. The van der Waals surface area contributed by atoms with Crippen molar-refractivity contribution in [2.45, 2.75) is 38.9 Å². The molecule has 8 heteroatoms. The maximum Gasteiger partial charge on any atom is 0.237 e. The Balaban J connectivity index is 1.65. The summed E-state index contributed by atoms with van der Waals surface area (Å²) in [5.74, 6) is -0.0964. The Hall–Kier alpha value is -2.06. The summed E-state index contributed by atoms with van der Waals surface area (Å²) in [5, 5.41) is 2.86. The smallest absolute Gasteiger partial charge is 0.237 e. The predicted molar refractivity (Wildman–Crippen MR) is 97.1 cm³/mol. The molecule has 0 spiro atoms. The highest BCUT2D eigenvalue weighted by atomic mass is 32.1. The minimum Gasteiger partial charge on any atom is -0.353 e. The van der Waals surface area contributed by atoms with Gasteiger partial charge in [-0.15, -0.1) is 0 Å². The van der Waals surface area contributed by atoms with E-state index in [1.807, 2.05) is 18.2 Å². The largest absolute Gasteiger partial charge is 0.353 e. The number of carbonyl (C=O) groups is 2. The summed E-state index contributed by atoms with van der Waals surface area (Å²) >= 11 is 1.18. The van der Waals surface area contributed by atoms with Crippen LogP contribution in [0.3, 0.4) is 0 Å². The molecule has 1 atom stereocenters. The van der Waals surface area contributed by atoms with Gasteiger partial charge in [0.15, 0.2) is 0 Å². The van der Waals surface area contributed by atoms with Gasteiger partial charge in [0.25, 0.3) is 0 Å². The van der Waals surface area contributed by atoms with Gasteiger partial charge in [0, 0.05) is 32.7 Å². The second kappa shape index (κ2) is 7.45. The number of amides is 2. The van der Waals surface area contributed by atoms with Gasteiger partial charge in [0.2, 0.25) is 11.8 Å². The highest BCUT2D eigenvalue weighted by Gasteiger charge is 2.33. The van der Waals surface area contributed by atoms with E-state index in [4.69, 9.17) is 0 Å². The fourth-order valence-electron chi connectivity index (χ4n) is 3.17. The number of fused-ring (bicyclic) bond motifs is 1. The van der Waals surface area contributed by atoms with Gasteiger partial charge in [-0.1, -0.05) is 6.07 Å². The topological polar surface area (TPSA) is 78.4 Å². The molecule has 1 fully saturated rings. The predicted octanol–water partition coefficient (Wildman–Crippen LogP) is 1.25. The van der Waals surface area contributed by atoms with Crippen molar-refractivity contribution in [2.24, 2.45) is 0 Å². The van der Waals surface area contributed by atoms with E-state index in [0.717, 1.165) is 23.1 Å². The second-order valence-corrected chi connectivity index (χ2v) is 7.21. The highest BCUT2D eigenvalue weighted by molar-refractivity contribution is 7.00. The van der Waals surface area contributed by atoms with Crippen LogP contribution in [0.25, 0.3) is 11.0 Å². The molecule has 0 aliphatic carbocycles. The third-order valence-electron chi connectivity index (χ3n) is 4.57. The Bertz CT molecular complexity index is 775. The van der Waals surface area contributed by atoms with Crippen molar-refractivity contribution in [3.8, 4) is 0 Å². The molecule has 1 aliphatic rings. The zero-order chi connectivity index (χ0) is 18.0. The van der Waals surface area contributed by atoms with Crippen LogP contribution in [0.5, 0.6) is 0 Å². The van der Waals surface area contributed by atoms with E-state index < -0.39 is 6.04 Å². The normalized spacial score (nSPS) is 18.6. The fraction of sp³-hybridized carbons (Fsp3) is 0.529. The molecule has 0 radical (unpaired) electrons. The first-order chi connectivity index (χ1) is 12.0. The maximum absolute atomic E-state index is 12.6. The molecule has 1 aromatic carbocycles. The molecule has 1 N–H and O–H groups in total. The van der Waals surface area contributed by atoms with Gasteiger partial charge < -0.3 is 10.2 Å². The van der Waals surface area contributed by atoms with Crippen LogP contribution in [0, 0.1) is 0 Å². The first kappa shape index (κ1) is 17.8. The molecule has 7 nitrogen and oxygen atoms in total. The molecule has 2 aromatic rings. The molecular weight excluding hydrogens is 338 g/mol. The number of nitrogens with one attached hydrogen (secondary N) is 1. The quantitative estimate of drug-likeness (QED) is 0.867. The average Bonchev–Trinajstić information content (AvgIpc) is 3.04. The lowest BCUT2D eigenvalue weighted by atomic mass is 10.1. The summed E-state index contributed by atoms with van der Waals surface area (Å²) < 4.78 is 8.42. The van der Waals surface area contributed by atoms with Gasteiger partial charge in [-0.05, 0) is 31.5 Å². The number of aromatic nitrogens is 2. The van der Waals surface area contributed by atoms with Gasteiger partial charge in [-0.25, -0.2) is 0 Å². The van der Waals surface area contributed by atoms with Crippen LogP contribution in [0.2, 0.25) is 0 Å². The van der Waals surface area contributed by atoms with Gasteiger partial charge >= 0.3 is 0 Å². The average molecular weight is 361 g/mol. The van der Waals surface area contributed by atoms with Crippen LogP contribution >= 0.6 is 11.7 Å². The van der Waals surface area contributed by atoms with Crippen LogP contribution in [0.15, 0.2) is 18.2 Å². The molecule has 25 heavy (non-hydrogen) atoms. The second-order valence-electron chi connectivity index (χ2n) is 6.68. The lowest BCUT2D eigenvalue weighted by Gasteiger charge is -2.38. The van der Waals surface area contributed by atoms with Crippen molar-refractivity contribution >= 4 is 34.6 Å². The van der Waals surface area contributed by atoms with Crippen LogP contribution in [0.4, 0.5) is 0 Å². The molecule has 2 heterocycles. The van der Waals surface area contributed by atoms with E-state index in [0.29, 0.717) is 13.1 Å². The van der Waals surface area contributed by atoms with E-state index >= 15 is 0 Å². The molecule has 3 rings (SSSR count). The van der Waals surface area contributed by atoms with Gasteiger partial charge in [-0.2, -0.15) is 8.75 Å². The summed E-state index contributed by atoms with van der Waals surface area (Å²) in [6, 6.07) is 5.67. The molecule has 0 saturated carbocycles. The maximum atomic E-state index is 12.6. The molecule has 2 amide bonds. The zero-order valence-corrected chi connectivity index (χ0v) is 15.5. The highest BCUT2D eigenvalue weighted by Crippen LogP contribution is 2.17. The van der Waals surface area contributed by atoms with Crippen LogP contribution in [-0.4, -0.2) is 62.6 Å². The molecule has 1 aliphatic heterocycles. The minimum atomic E-state index is -0.395. The monoisotopic (exact) mass is 361 g/mol. The summed E-state index contributed by atoms with van der Waals surface area (Å²) in [6.07, 6.45) is 0.195. The summed E-state index contributed by atoms with van der Waals surface area (Å²) in [6.45, 7) is 6.01. The zero-order valence-electron chi connectivity index (χ0n) is 14.7. The Morgan fingerprint density at radius 2 is 2.16 bits per heavy atom. The van der Waals surface area contributed by atoms with Crippen molar-refractivity contribution in [2.75, 3.05) is 20.1 Å². The first-order valence-electron chi connectivity index (χ1n) is 8.44. The summed E-state index contributed by atoms with van der Waals surface area (Å²) in [7, 11) is 1.77. The standard InChI is InChI=1S/C17H23N5O2S/c1-11(2)22-7-6-18-17(24)15(22)9-16(23)21(3)10-12-4-5-13-14(8-12)20-25-19-13/h4-5,8,11,15H,6-7,9-10H2,1-3H3,(H,18,24)/t15-/m0/s1. The third-order valence-corrected chi connectivity index (χ3v) is 5.12. The number of rotatable bonds is 5. The van der Waals surface area contributed by atoms with E-state index in [9.17, 15) is 9.59 Å². The molecule has 134 valence electrons. The number of hydrogen-bond acceptors (Lipinski definition) is 6. The van der Waals surface area contributed by atoms with Crippen molar-refractivity contribution in [1.29, 1.82) is 0 Å². The lowest BCUT2D eigenvalue weighted by molar-refractivity contribution is -0.139. The van der Waals surface area contributed by atoms with E-state index in [1.54, 1.807) is 11.9 Å². The van der Waals surface area contributed by atoms with Gasteiger partial charge in [-0.3, -0.25) is 14.5 Å². The van der Waals surface area contributed by atoms with Crippen LogP contribution in [0.1, 0.15) is 25.8 Å².